The maximum Gasteiger partial charge on any atom is 0.491 e. The van der Waals surface area contributed by atoms with Crippen LogP contribution in [0.5, 0.6) is 5.75 Å². The van der Waals surface area contributed by atoms with Gasteiger partial charge in [-0.2, -0.15) is 9.78 Å². The highest BCUT2D eigenvalue weighted by Gasteiger charge is 2.20. The number of ether oxygens (including phenoxy) is 1. The van der Waals surface area contributed by atoms with Gasteiger partial charge in [0.05, 0.1) is 17.6 Å². The molecule has 0 aliphatic rings. The summed E-state index contributed by atoms with van der Waals surface area (Å²) in [6, 6.07) is 5.48. The Labute approximate surface area is 162 Å². The van der Waals surface area contributed by atoms with Crippen molar-refractivity contribution in [3.63, 3.8) is 0 Å². The van der Waals surface area contributed by atoms with Crippen LogP contribution in [0.25, 0.3) is 0 Å². The van der Waals surface area contributed by atoms with Gasteiger partial charge in [0.2, 0.25) is 6.33 Å². The van der Waals surface area contributed by atoms with Gasteiger partial charge in [-0.3, -0.25) is 14.9 Å². The number of hydrogen-bond acceptors (Lipinski definition) is 9. The third-order valence-electron chi connectivity index (χ3n) is 3.58. The summed E-state index contributed by atoms with van der Waals surface area (Å²) in [5, 5.41) is 32.0. The summed E-state index contributed by atoms with van der Waals surface area (Å²) in [7, 11) is 0. The number of aromatic nitrogens is 5. The first-order valence-corrected chi connectivity index (χ1v) is 8.17. The molecule has 0 unspecified atom stereocenters. The van der Waals surface area contributed by atoms with Crippen molar-refractivity contribution in [1.29, 1.82) is 0 Å². The molecule has 0 aliphatic carbocycles. The van der Waals surface area contributed by atoms with Gasteiger partial charge in [-0.05, 0) is 30.0 Å². The fourth-order valence-electron chi connectivity index (χ4n) is 2.36. The number of rotatable bonds is 8. The van der Waals surface area contributed by atoms with Crippen molar-refractivity contribution < 1.29 is 19.4 Å². The van der Waals surface area contributed by atoms with Crippen molar-refractivity contribution >= 4 is 23.2 Å². The minimum atomic E-state index is -0.734. The molecular formula is C15H14N8O6. The van der Waals surface area contributed by atoms with Gasteiger partial charge in [0.1, 0.15) is 11.4 Å². The van der Waals surface area contributed by atoms with Gasteiger partial charge in [0, 0.05) is 11.3 Å². The molecule has 0 saturated heterocycles. The Morgan fingerprint density at radius 2 is 1.97 bits per heavy atom. The molecule has 14 nitrogen and oxygen atoms in total. The molecule has 14 heteroatoms. The van der Waals surface area contributed by atoms with Gasteiger partial charge in [-0.15, -0.1) is 0 Å². The van der Waals surface area contributed by atoms with Crippen LogP contribution in [-0.4, -0.2) is 46.9 Å². The monoisotopic (exact) mass is 402 g/mol. The Morgan fingerprint density at radius 1 is 1.17 bits per heavy atom. The average Bonchev–Trinajstić information content (AvgIpc) is 3.33. The fraction of sp³-hybridized carbons (Fsp3) is 0.200. The highest BCUT2D eigenvalue weighted by atomic mass is 16.6. The zero-order valence-electron chi connectivity index (χ0n) is 15.0. The van der Waals surface area contributed by atoms with Crippen molar-refractivity contribution in [2.24, 2.45) is 0 Å². The van der Waals surface area contributed by atoms with Crippen molar-refractivity contribution in [3.8, 4) is 5.75 Å². The van der Waals surface area contributed by atoms with Crippen LogP contribution in [0.3, 0.4) is 0 Å². The van der Waals surface area contributed by atoms with Crippen molar-refractivity contribution in [2.45, 2.75) is 13.6 Å². The average molecular weight is 402 g/mol. The van der Waals surface area contributed by atoms with Crippen LogP contribution in [0, 0.1) is 20.2 Å². The highest BCUT2D eigenvalue weighted by molar-refractivity contribution is 6.04. The molecule has 1 aromatic carbocycles. The lowest BCUT2D eigenvalue weighted by Gasteiger charge is -2.07. The first kappa shape index (κ1) is 19.4. The van der Waals surface area contributed by atoms with Crippen LogP contribution in [-0.2, 0) is 6.67 Å². The van der Waals surface area contributed by atoms with E-state index in [0.717, 1.165) is 6.33 Å². The van der Waals surface area contributed by atoms with Gasteiger partial charge in [-0.1, -0.05) is 4.98 Å². The van der Waals surface area contributed by atoms with E-state index in [9.17, 15) is 25.0 Å². The van der Waals surface area contributed by atoms with Crippen molar-refractivity contribution in [1.82, 2.24) is 24.5 Å². The maximum absolute atomic E-state index is 12.4. The van der Waals surface area contributed by atoms with Crippen LogP contribution in [0.2, 0.25) is 0 Å². The maximum atomic E-state index is 12.4. The van der Waals surface area contributed by atoms with Crippen LogP contribution in [0.4, 0.5) is 17.3 Å². The summed E-state index contributed by atoms with van der Waals surface area (Å²) in [6.45, 7) is 2.07. The quantitative estimate of drug-likeness (QED) is 0.432. The number of benzene rings is 1. The van der Waals surface area contributed by atoms with Gasteiger partial charge >= 0.3 is 5.95 Å². The number of amides is 1. The second-order valence-electron chi connectivity index (χ2n) is 5.55. The van der Waals surface area contributed by atoms with Crippen molar-refractivity contribution in [2.75, 3.05) is 11.9 Å². The smallest absolute Gasteiger partial charge is 0.491 e. The summed E-state index contributed by atoms with van der Waals surface area (Å²) >= 11 is 0. The predicted molar refractivity (Wildman–Crippen MR) is 96.5 cm³/mol. The lowest BCUT2D eigenvalue weighted by Crippen LogP contribution is -2.15. The van der Waals surface area contributed by atoms with E-state index in [-0.39, 0.29) is 23.7 Å². The van der Waals surface area contributed by atoms with E-state index >= 15 is 0 Å². The summed E-state index contributed by atoms with van der Waals surface area (Å²) in [5.41, 5.74) is -0.341. The molecule has 0 saturated carbocycles. The predicted octanol–water partition coefficient (Wildman–Crippen LogP) is 1.45. The van der Waals surface area contributed by atoms with Gasteiger partial charge in [-0.25, -0.2) is 4.68 Å². The van der Waals surface area contributed by atoms with Gasteiger partial charge in [0.15, 0.2) is 12.4 Å². The van der Waals surface area contributed by atoms with Gasteiger partial charge < -0.3 is 20.2 Å². The normalized spacial score (nSPS) is 10.5. The first-order chi connectivity index (χ1) is 13.9. The second kappa shape index (κ2) is 8.12. The van der Waals surface area contributed by atoms with E-state index in [0.29, 0.717) is 12.4 Å². The lowest BCUT2D eigenvalue weighted by molar-refractivity contribution is -0.394. The molecule has 1 amide bonds. The molecule has 29 heavy (non-hydrogen) atoms. The largest absolute Gasteiger partial charge is 0.494 e. The standard InChI is InChI=1S/C15H14N8O6/c1-2-29-10-3-4-11(13(7-10)22(25)26)17-14(24)12-5-6-20(18-12)9-21-8-16-15(19-21)23(27)28/h3-8H,2,9H2,1H3,(H,17,24). The Hall–Kier alpha value is -4.36. The van der Waals surface area contributed by atoms with E-state index in [2.05, 4.69) is 20.5 Å². The summed E-state index contributed by atoms with van der Waals surface area (Å²) in [6.07, 6.45) is 2.61. The SMILES string of the molecule is CCOc1ccc(NC(=O)c2ccn(Cn3cnc([N+](=O)[O-])n3)n2)c([N+](=O)[O-])c1. The Morgan fingerprint density at radius 3 is 2.62 bits per heavy atom. The first-order valence-electron chi connectivity index (χ1n) is 8.17. The molecule has 0 radical (unpaired) electrons. The summed E-state index contributed by atoms with van der Waals surface area (Å²) in [4.78, 5) is 36.4. The van der Waals surface area contributed by atoms with E-state index < -0.39 is 21.7 Å². The Bertz CT molecular complexity index is 1070. The minimum Gasteiger partial charge on any atom is -0.494 e. The number of nitrogens with zero attached hydrogens (tertiary/aromatic N) is 7. The topological polar surface area (TPSA) is 173 Å². The van der Waals surface area contributed by atoms with E-state index in [4.69, 9.17) is 4.74 Å². The van der Waals surface area contributed by atoms with Crippen LogP contribution in [0.1, 0.15) is 17.4 Å². The fourth-order valence-corrected chi connectivity index (χ4v) is 2.36. The molecule has 0 aliphatic heterocycles. The summed E-state index contributed by atoms with van der Waals surface area (Å²) in [5.74, 6) is -0.915. The highest BCUT2D eigenvalue weighted by Crippen LogP contribution is 2.29. The van der Waals surface area contributed by atoms with Crippen molar-refractivity contribution in [3.05, 3.63) is 62.7 Å². The Kier molecular flexibility index (Phi) is 5.43. The number of carbonyl (C=O) groups excluding carboxylic acids is 1. The number of nitrogens with one attached hydrogen (secondary N) is 1. The molecule has 0 bridgehead atoms. The molecule has 2 aromatic heterocycles. The molecule has 3 rings (SSSR count). The third kappa shape index (κ3) is 4.49. The van der Waals surface area contributed by atoms with Crippen LogP contribution in [0.15, 0.2) is 36.8 Å². The lowest BCUT2D eigenvalue weighted by atomic mass is 10.2. The molecule has 0 fully saturated rings. The number of anilines is 1. The van der Waals surface area contributed by atoms with E-state index in [1.807, 2.05) is 0 Å². The number of nitro benzene ring substituents is 1. The Balaban J connectivity index is 1.73. The zero-order valence-corrected chi connectivity index (χ0v) is 15.0. The zero-order chi connectivity index (χ0) is 21.0. The van der Waals surface area contributed by atoms with Gasteiger partial charge in [0.25, 0.3) is 11.6 Å². The second-order valence-corrected chi connectivity index (χ2v) is 5.55. The molecule has 1 N–H and O–H groups in total. The molecular weight excluding hydrogens is 388 g/mol. The van der Waals surface area contributed by atoms with Crippen LogP contribution < -0.4 is 10.1 Å². The molecule has 150 valence electrons. The number of hydrogen-bond donors (Lipinski definition) is 1. The van der Waals surface area contributed by atoms with Crippen LogP contribution >= 0.6 is 0 Å². The molecule has 0 atom stereocenters. The van der Waals surface area contributed by atoms with E-state index in [1.54, 1.807) is 6.92 Å². The summed E-state index contributed by atoms with van der Waals surface area (Å²) < 4.78 is 7.71. The van der Waals surface area contributed by atoms with E-state index in [1.165, 1.54) is 39.8 Å². The number of carbonyl (C=O) groups is 1. The number of nitro groups is 2. The molecule has 3 aromatic rings. The molecule has 0 spiro atoms. The molecule has 2 heterocycles. The third-order valence-corrected chi connectivity index (χ3v) is 3.58. The minimum absolute atomic E-state index is 0.00935.